The maximum absolute atomic E-state index is 13.3. The number of ether oxygens (including phenoxy) is 1. The van der Waals surface area contributed by atoms with Crippen molar-refractivity contribution in [2.24, 2.45) is 0 Å². The van der Waals surface area contributed by atoms with E-state index in [0.717, 1.165) is 24.5 Å². The highest BCUT2D eigenvalue weighted by molar-refractivity contribution is 6.30. The zero-order valence-corrected chi connectivity index (χ0v) is 20.9. The van der Waals surface area contributed by atoms with Crippen molar-refractivity contribution in [1.29, 1.82) is 0 Å². The Morgan fingerprint density at radius 2 is 2.00 bits per heavy atom. The number of hydrogen-bond acceptors (Lipinski definition) is 8. The van der Waals surface area contributed by atoms with Gasteiger partial charge in [-0.3, -0.25) is 4.79 Å². The minimum atomic E-state index is -0.471. The summed E-state index contributed by atoms with van der Waals surface area (Å²) in [6.07, 6.45) is 1.82. The number of rotatable bonds is 6. The average Bonchev–Trinajstić information content (AvgIpc) is 3.34. The van der Waals surface area contributed by atoms with Gasteiger partial charge in [-0.15, -0.1) is 0 Å². The molecule has 0 spiro atoms. The molecule has 3 heterocycles. The van der Waals surface area contributed by atoms with Gasteiger partial charge in [0.25, 0.3) is 5.91 Å². The largest absolute Gasteiger partial charge is 0.391 e. The molecule has 10 heteroatoms. The molecule has 5 rings (SSSR count). The Morgan fingerprint density at radius 3 is 2.75 bits per heavy atom. The Bertz CT molecular complexity index is 1240. The summed E-state index contributed by atoms with van der Waals surface area (Å²) in [6, 6.07) is 15.1. The molecule has 1 aromatic heterocycles. The van der Waals surface area contributed by atoms with Crippen LogP contribution in [0.15, 0.2) is 54.7 Å². The Hall–Kier alpha value is -3.40. The molecule has 0 aliphatic carbocycles. The molecule has 2 aromatic carbocycles. The van der Waals surface area contributed by atoms with Crippen molar-refractivity contribution in [2.45, 2.75) is 12.5 Å². The number of amides is 1. The third-order valence-electron chi connectivity index (χ3n) is 6.43. The molecule has 2 N–H and O–H groups in total. The smallest absolute Gasteiger partial charge is 0.254 e. The van der Waals surface area contributed by atoms with E-state index in [9.17, 15) is 9.90 Å². The van der Waals surface area contributed by atoms with Crippen molar-refractivity contribution < 1.29 is 14.6 Å². The minimum Gasteiger partial charge on any atom is -0.391 e. The van der Waals surface area contributed by atoms with E-state index in [1.807, 2.05) is 60.5 Å². The van der Waals surface area contributed by atoms with Crippen LogP contribution in [0.5, 0.6) is 0 Å². The molecule has 188 valence electrons. The van der Waals surface area contributed by atoms with Gasteiger partial charge in [0, 0.05) is 67.1 Å². The third-order valence-corrected chi connectivity index (χ3v) is 6.66. The fraction of sp³-hybridized carbons (Fsp3) is 0.346. The summed E-state index contributed by atoms with van der Waals surface area (Å²) < 4.78 is 5.50. The van der Waals surface area contributed by atoms with Crippen LogP contribution >= 0.6 is 11.6 Å². The van der Waals surface area contributed by atoms with Crippen LogP contribution in [0.1, 0.15) is 16.8 Å². The van der Waals surface area contributed by atoms with Gasteiger partial charge < -0.3 is 29.9 Å². The molecular formula is C26H29ClN6O3. The fourth-order valence-corrected chi connectivity index (χ4v) is 4.65. The maximum Gasteiger partial charge on any atom is 0.254 e. The van der Waals surface area contributed by atoms with Crippen molar-refractivity contribution in [3.8, 4) is 0 Å². The normalized spacial score (nSPS) is 17.8. The van der Waals surface area contributed by atoms with Crippen LogP contribution in [0, 0.1) is 0 Å². The van der Waals surface area contributed by atoms with Crippen LogP contribution in [-0.4, -0.2) is 78.4 Å². The maximum atomic E-state index is 13.3. The number of morpholine rings is 1. The summed E-state index contributed by atoms with van der Waals surface area (Å²) in [5.74, 6) is 1.01. The number of aliphatic hydroxyl groups is 1. The summed E-state index contributed by atoms with van der Waals surface area (Å²) >= 11 is 6.16. The molecule has 9 nitrogen and oxygen atoms in total. The zero-order valence-electron chi connectivity index (χ0n) is 20.1. The van der Waals surface area contributed by atoms with E-state index in [1.54, 1.807) is 11.1 Å². The number of carbonyl (C=O) groups is 1. The van der Waals surface area contributed by atoms with Gasteiger partial charge in [-0.1, -0.05) is 17.7 Å². The Morgan fingerprint density at radius 1 is 1.17 bits per heavy atom. The molecule has 2 aliphatic heterocycles. The molecule has 3 aromatic rings. The lowest BCUT2D eigenvalue weighted by molar-refractivity contribution is 0.0765. The second-order valence-corrected chi connectivity index (χ2v) is 9.40. The summed E-state index contributed by atoms with van der Waals surface area (Å²) in [4.78, 5) is 28.2. The highest BCUT2D eigenvalue weighted by Gasteiger charge is 2.26. The monoisotopic (exact) mass is 508 g/mol. The number of hydrogen-bond donors (Lipinski definition) is 2. The predicted molar refractivity (Wildman–Crippen MR) is 141 cm³/mol. The van der Waals surface area contributed by atoms with E-state index in [4.69, 9.17) is 16.3 Å². The zero-order chi connectivity index (χ0) is 25.1. The molecule has 0 bridgehead atoms. The first-order valence-corrected chi connectivity index (χ1v) is 12.4. The van der Waals surface area contributed by atoms with Gasteiger partial charge in [-0.25, -0.2) is 4.98 Å². The first kappa shape index (κ1) is 24.3. The topological polar surface area (TPSA) is 94.1 Å². The second kappa shape index (κ2) is 10.7. The molecule has 1 atom stereocenters. The van der Waals surface area contributed by atoms with Gasteiger partial charge in [0.2, 0.25) is 5.95 Å². The van der Waals surface area contributed by atoms with Crippen molar-refractivity contribution in [2.75, 3.05) is 61.6 Å². The molecule has 36 heavy (non-hydrogen) atoms. The molecule has 2 saturated heterocycles. The van der Waals surface area contributed by atoms with Crippen molar-refractivity contribution in [1.82, 2.24) is 14.9 Å². The predicted octanol–water partition coefficient (Wildman–Crippen LogP) is 3.68. The van der Waals surface area contributed by atoms with Crippen LogP contribution < -0.4 is 15.1 Å². The molecule has 2 aliphatic rings. The van der Waals surface area contributed by atoms with Gasteiger partial charge in [-0.05, 0) is 48.9 Å². The third kappa shape index (κ3) is 5.53. The quantitative estimate of drug-likeness (QED) is 0.521. The van der Waals surface area contributed by atoms with Gasteiger partial charge in [0.1, 0.15) is 5.82 Å². The van der Waals surface area contributed by atoms with E-state index in [1.165, 1.54) is 0 Å². The number of aromatic nitrogens is 2. The van der Waals surface area contributed by atoms with Crippen LogP contribution in [-0.2, 0) is 4.74 Å². The number of anilines is 5. The minimum absolute atomic E-state index is 0.0972. The number of carbonyl (C=O) groups excluding carboxylic acids is 1. The van der Waals surface area contributed by atoms with Crippen LogP contribution in [0.4, 0.5) is 28.8 Å². The number of benzene rings is 2. The standard InChI is InChI=1S/C26H29ClN6O3/c1-31(21-4-2-3-19(27)15-21)24-5-7-28-26(30-24)29-20-13-18(25(35)33-8-6-23(34)17-33)14-22(16-20)32-9-11-36-12-10-32/h2-5,7,13-16,23,34H,6,8-12,17H2,1H3,(H,28,29,30)/t23-/m1/s1. The summed E-state index contributed by atoms with van der Waals surface area (Å²) in [5, 5.41) is 13.8. The SMILES string of the molecule is CN(c1cccc(Cl)c1)c1ccnc(Nc2cc(C(=O)N3CC[C@@H](O)C3)cc(N3CCOCC3)c2)n1. The Kier molecular flexibility index (Phi) is 7.22. The van der Waals surface area contributed by atoms with Gasteiger partial charge >= 0.3 is 0 Å². The Labute approximate surface area is 215 Å². The number of β-amino-alcohol motifs (C(OH)–C–C–N with tert-alkyl or cyclic N) is 1. The summed E-state index contributed by atoms with van der Waals surface area (Å²) in [7, 11) is 1.91. The molecule has 0 unspecified atom stereocenters. The number of nitrogens with zero attached hydrogens (tertiary/aromatic N) is 5. The second-order valence-electron chi connectivity index (χ2n) is 8.96. The number of nitrogens with one attached hydrogen (secondary N) is 1. The van der Waals surface area contributed by atoms with E-state index < -0.39 is 6.10 Å². The van der Waals surface area contributed by atoms with Crippen molar-refractivity contribution >= 4 is 46.3 Å². The lowest BCUT2D eigenvalue weighted by Gasteiger charge is -2.30. The lowest BCUT2D eigenvalue weighted by Crippen LogP contribution is -2.36. The summed E-state index contributed by atoms with van der Waals surface area (Å²) in [6.45, 7) is 3.67. The van der Waals surface area contributed by atoms with Crippen LogP contribution in [0.2, 0.25) is 5.02 Å². The van der Waals surface area contributed by atoms with Gasteiger partial charge in [0.15, 0.2) is 0 Å². The van der Waals surface area contributed by atoms with Crippen molar-refractivity contribution in [3.63, 3.8) is 0 Å². The average molecular weight is 509 g/mol. The Balaban J connectivity index is 1.43. The van der Waals surface area contributed by atoms with E-state index in [-0.39, 0.29) is 5.91 Å². The fourth-order valence-electron chi connectivity index (χ4n) is 4.46. The lowest BCUT2D eigenvalue weighted by atomic mass is 10.1. The molecule has 2 fully saturated rings. The molecule has 0 saturated carbocycles. The van der Waals surface area contributed by atoms with E-state index >= 15 is 0 Å². The van der Waals surface area contributed by atoms with Gasteiger partial charge in [-0.2, -0.15) is 4.98 Å². The first-order valence-electron chi connectivity index (χ1n) is 12.0. The molecule has 1 amide bonds. The molecular weight excluding hydrogens is 480 g/mol. The van der Waals surface area contributed by atoms with Crippen LogP contribution in [0.25, 0.3) is 0 Å². The number of halogens is 1. The van der Waals surface area contributed by atoms with Gasteiger partial charge in [0.05, 0.1) is 19.3 Å². The first-order chi connectivity index (χ1) is 17.5. The highest BCUT2D eigenvalue weighted by Crippen LogP contribution is 2.29. The highest BCUT2D eigenvalue weighted by atomic mass is 35.5. The van der Waals surface area contributed by atoms with Crippen molar-refractivity contribution in [3.05, 3.63) is 65.3 Å². The van der Waals surface area contributed by atoms with E-state index in [0.29, 0.717) is 60.8 Å². The van der Waals surface area contributed by atoms with Crippen LogP contribution in [0.3, 0.4) is 0 Å². The van der Waals surface area contributed by atoms with E-state index in [2.05, 4.69) is 20.2 Å². The molecule has 0 radical (unpaired) electrons. The number of likely N-dealkylation sites (tertiary alicyclic amines) is 1. The summed E-state index contributed by atoms with van der Waals surface area (Å²) in [5.41, 5.74) is 3.10. The number of aliphatic hydroxyl groups excluding tert-OH is 1.